The van der Waals surface area contributed by atoms with Gasteiger partial charge in [0.25, 0.3) is 0 Å². The van der Waals surface area contributed by atoms with E-state index in [1.54, 1.807) is 0 Å². The highest BCUT2D eigenvalue weighted by atomic mass is 79.9. The molecule has 2 amide bonds. The normalized spacial score (nSPS) is 15.6. The Morgan fingerprint density at radius 2 is 1.90 bits per heavy atom. The molecule has 2 aromatic carbocycles. The minimum Gasteiger partial charge on any atom is -0.361 e. The van der Waals surface area contributed by atoms with Crippen LogP contribution < -0.4 is 10.6 Å². The highest BCUT2D eigenvalue weighted by Gasteiger charge is 2.24. The summed E-state index contributed by atoms with van der Waals surface area (Å²) < 4.78 is 1.71. The van der Waals surface area contributed by atoms with E-state index in [9.17, 15) is 4.79 Å². The van der Waals surface area contributed by atoms with Gasteiger partial charge >= 0.3 is 6.03 Å². The van der Waals surface area contributed by atoms with E-state index in [-0.39, 0.29) is 6.03 Å². The van der Waals surface area contributed by atoms with Gasteiger partial charge < -0.3 is 20.5 Å². The van der Waals surface area contributed by atoms with Gasteiger partial charge in [-0.1, -0.05) is 6.07 Å². The molecule has 3 aromatic rings. The molecule has 0 spiro atoms. The summed E-state index contributed by atoms with van der Waals surface area (Å²) in [4.78, 5) is 18.5. The summed E-state index contributed by atoms with van der Waals surface area (Å²) in [5.74, 6) is 0.551. The lowest BCUT2D eigenvalue weighted by atomic mass is 9.88. The Morgan fingerprint density at radius 3 is 2.63 bits per heavy atom. The van der Waals surface area contributed by atoms with E-state index in [0.29, 0.717) is 17.6 Å². The Morgan fingerprint density at radius 1 is 1.13 bits per heavy atom. The first-order chi connectivity index (χ1) is 14.4. The number of carbonyl (C=O) groups excluding carboxylic acids is 1. The summed E-state index contributed by atoms with van der Waals surface area (Å²) >= 11 is 6.95. The first-order valence-electron chi connectivity index (χ1n) is 10.3. The summed E-state index contributed by atoms with van der Waals surface area (Å²) in [7, 11) is 0. The van der Waals surface area contributed by atoms with Gasteiger partial charge in [0.2, 0.25) is 0 Å². The third-order valence-corrected chi connectivity index (χ3v) is 7.92. The van der Waals surface area contributed by atoms with Gasteiger partial charge in [0.05, 0.1) is 10.2 Å². The SMILES string of the molecule is CC(C)N1CCC(c2c[nH]c3ccc(NC(=O)Nc4cccc(Br)c4Br)cc23)CC1. The second-order valence-electron chi connectivity index (χ2n) is 8.09. The minimum atomic E-state index is -0.268. The Bertz CT molecular complexity index is 1050. The van der Waals surface area contributed by atoms with Crippen molar-refractivity contribution in [2.24, 2.45) is 0 Å². The maximum Gasteiger partial charge on any atom is 0.323 e. The standard InChI is InChI=1S/C23H26Br2N4O/c1-14(2)29-10-8-15(9-11-29)18-13-26-20-7-6-16(12-17(18)20)27-23(30)28-21-5-3-4-19(24)22(21)25/h3-7,12-15,26H,8-11H2,1-2H3,(H2,27,28,30). The predicted octanol–water partition coefficient (Wildman–Crippen LogP) is 6.92. The quantitative estimate of drug-likeness (QED) is 0.340. The van der Waals surface area contributed by atoms with Gasteiger partial charge in [0.15, 0.2) is 0 Å². The van der Waals surface area contributed by atoms with E-state index in [2.05, 4.69) is 78.5 Å². The van der Waals surface area contributed by atoms with Gasteiger partial charge in [0, 0.05) is 33.3 Å². The summed E-state index contributed by atoms with van der Waals surface area (Å²) in [6.07, 6.45) is 4.48. The minimum absolute atomic E-state index is 0.268. The molecule has 1 saturated heterocycles. The van der Waals surface area contributed by atoms with Crippen molar-refractivity contribution in [3.63, 3.8) is 0 Å². The van der Waals surface area contributed by atoms with Gasteiger partial charge in [-0.05, 0) is 113 Å². The molecular weight excluding hydrogens is 508 g/mol. The first-order valence-corrected chi connectivity index (χ1v) is 11.9. The van der Waals surface area contributed by atoms with Gasteiger partial charge in [-0.15, -0.1) is 0 Å². The molecule has 4 rings (SSSR count). The van der Waals surface area contributed by atoms with Crippen LogP contribution in [0.4, 0.5) is 16.2 Å². The molecule has 0 saturated carbocycles. The molecule has 1 aliphatic heterocycles. The molecule has 0 aliphatic carbocycles. The number of halogens is 2. The second kappa shape index (κ2) is 9.12. The van der Waals surface area contributed by atoms with Crippen LogP contribution in [0.25, 0.3) is 10.9 Å². The molecule has 0 radical (unpaired) electrons. The Kier molecular flexibility index (Phi) is 6.51. The molecular formula is C23H26Br2N4O. The number of rotatable bonds is 4. The zero-order valence-electron chi connectivity index (χ0n) is 17.1. The number of nitrogens with zero attached hydrogens (tertiary/aromatic N) is 1. The molecule has 3 N–H and O–H groups in total. The van der Waals surface area contributed by atoms with Crippen LogP contribution in [0.15, 0.2) is 51.5 Å². The highest BCUT2D eigenvalue weighted by molar-refractivity contribution is 9.13. The molecule has 0 bridgehead atoms. The number of hydrogen-bond donors (Lipinski definition) is 3. The number of benzene rings is 2. The summed E-state index contributed by atoms with van der Waals surface area (Å²) in [5.41, 5.74) is 3.96. The van der Waals surface area contributed by atoms with Crippen molar-refractivity contribution in [1.29, 1.82) is 0 Å². The molecule has 1 aliphatic rings. The van der Waals surface area contributed by atoms with Crippen molar-refractivity contribution >= 4 is 60.2 Å². The van der Waals surface area contributed by atoms with E-state index in [0.717, 1.165) is 33.2 Å². The Hall–Kier alpha value is -1.83. The third-order valence-electron chi connectivity index (χ3n) is 5.87. The van der Waals surface area contributed by atoms with E-state index in [1.807, 2.05) is 30.3 Å². The van der Waals surface area contributed by atoms with Crippen LogP contribution in [-0.2, 0) is 0 Å². The monoisotopic (exact) mass is 532 g/mol. The zero-order valence-corrected chi connectivity index (χ0v) is 20.3. The van der Waals surface area contributed by atoms with E-state index < -0.39 is 0 Å². The first kappa shape index (κ1) is 21.4. The molecule has 7 heteroatoms. The number of likely N-dealkylation sites (tertiary alicyclic amines) is 1. The molecule has 158 valence electrons. The zero-order chi connectivity index (χ0) is 21.3. The fraction of sp³-hybridized carbons (Fsp3) is 0.348. The van der Waals surface area contributed by atoms with Gasteiger partial charge in [0.1, 0.15) is 0 Å². The number of H-pyrrole nitrogens is 1. The van der Waals surface area contributed by atoms with E-state index in [4.69, 9.17) is 0 Å². The fourth-order valence-electron chi connectivity index (χ4n) is 4.17. The van der Waals surface area contributed by atoms with Crippen LogP contribution in [-0.4, -0.2) is 35.0 Å². The fourth-order valence-corrected chi connectivity index (χ4v) is 4.90. The number of nitrogens with one attached hydrogen (secondary N) is 3. The lowest BCUT2D eigenvalue weighted by Gasteiger charge is -2.34. The number of carbonyl (C=O) groups is 1. The Balaban J connectivity index is 1.49. The number of hydrogen-bond acceptors (Lipinski definition) is 2. The van der Waals surface area contributed by atoms with Crippen LogP contribution in [0.2, 0.25) is 0 Å². The Labute approximate surface area is 193 Å². The molecule has 2 heterocycles. The van der Waals surface area contributed by atoms with Gasteiger partial charge in [-0.25, -0.2) is 4.79 Å². The summed E-state index contributed by atoms with van der Waals surface area (Å²) in [6.45, 7) is 6.80. The lowest BCUT2D eigenvalue weighted by Crippen LogP contribution is -2.37. The molecule has 0 atom stereocenters. The maximum atomic E-state index is 12.5. The topological polar surface area (TPSA) is 60.2 Å². The lowest BCUT2D eigenvalue weighted by molar-refractivity contribution is 0.172. The van der Waals surface area contributed by atoms with Crippen molar-refractivity contribution in [3.8, 4) is 0 Å². The van der Waals surface area contributed by atoms with Crippen molar-refractivity contribution in [2.45, 2.75) is 38.6 Å². The molecule has 1 fully saturated rings. The number of fused-ring (bicyclic) bond motifs is 1. The summed E-state index contributed by atoms with van der Waals surface area (Å²) in [5, 5.41) is 7.05. The van der Waals surface area contributed by atoms with Crippen molar-refractivity contribution < 1.29 is 4.79 Å². The van der Waals surface area contributed by atoms with Crippen molar-refractivity contribution in [3.05, 3.63) is 57.1 Å². The number of anilines is 2. The van der Waals surface area contributed by atoms with Crippen LogP contribution >= 0.6 is 31.9 Å². The smallest absolute Gasteiger partial charge is 0.323 e. The van der Waals surface area contributed by atoms with Crippen LogP contribution in [0.3, 0.4) is 0 Å². The van der Waals surface area contributed by atoms with Crippen LogP contribution in [0, 0.1) is 0 Å². The average molecular weight is 534 g/mol. The number of aromatic nitrogens is 1. The molecule has 0 unspecified atom stereocenters. The van der Waals surface area contributed by atoms with Gasteiger partial charge in [-0.2, -0.15) is 0 Å². The largest absolute Gasteiger partial charge is 0.361 e. The van der Waals surface area contributed by atoms with Crippen molar-refractivity contribution in [1.82, 2.24) is 9.88 Å². The van der Waals surface area contributed by atoms with E-state index >= 15 is 0 Å². The van der Waals surface area contributed by atoms with Crippen molar-refractivity contribution in [2.75, 3.05) is 23.7 Å². The second-order valence-corrected chi connectivity index (χ2v) is 9.74. The average Bonchev–Trinajstić information content (AvgIpc) is 3.14. The van der Waals surface area contributed by atoms with Crippen LogP contribution in [0.1, 0.15) is 38.2 Å². The maximum absolute atomic E-state index is 12.5. The highest BCUT2D eigenvalue weighted by Crippen LogP contribution is 2.35. The number of urea groups is 1. The molecule has 5 nitrogen and oxygen atoms in total. The third kappa shape index (κ3) is 4.58. The number of piperidine rings is 1. The molecule has 1 aromatic heterocycles. The summed E-state index contributed by atoms with van der Waals surface area (Å²) in [6, 6.07) is 12.0. The molecule has 30 heavy (non-hydrogen) atoms. The number of aromatic amines is 1. The number of amides is 2. The van der Waals surface area contributed by atoms with Crippen LogP contribution in [0.5, 0.6) is 0 Å². The van der Waals surface area contributed by atoms with E-state index in [1.165, 1.54) is 23.8 Å². The predicted molar refractivity (Wildman–Crippen MR) is 131 cm³/mol. The van der Waals surface area contributed by atoms with Gasteiger partial charge in [-0.3, -0.25) is 0 Å².